The van der Waals surface area contributed by atoms with E-state index in [0.717, 1.165) is 18.2 Å². The van der Waals surface area contributed by atoms with Crippen LogP contribution in [0.25, 0.3) is 0 Å². The van der Waals surface area contributed by atoms with Crippen LogP contribution in [0.5, 0.6) is 0 Å². The molecule has 1 N–H and O–H groups in total. The molecular formula is C8H10O5. The molecule has 5 heteroatoms. The minimum Gasteiger partial charge on any atom is -0.508 e. The van der Waals surface area contributed by atoms with Gasteiger partial charge in [-0.25, -0.2) is 9.59 Å². The predicted molar refractivity (Wildman–Crippen MR) is 43.9 cm³/mol. The first-order chi connectivity index (χ1) is 6.10. The highest BCUT2D eigenvalue weighted by molar-refractivity contribution is 5.84. The first-order valence-electron chi connectivity index (χ1n) is 3.34. The molecule has 0 aromatic heterocycles. The lowest BCUT2D eigenvalue weighted by atomic mass is 10.4. The Morgan fingerprint density at radius 3 is 2.08 bits per heavy atom. The van der Waals surface area contributed by atoms with Gasteiger partial charge in [0.2, 0.25) is 0 Å². The number of allylic oxidation sites excluding steroid dienone is 1. The van der Waals surface area contributed by atoms with Crippen molar-refractivity contribution in [2.75, 3.05) is 14.2 Å². The number of hydrogen-bond donors (Lipinski definition) is 1. The minimum absolute atomic E-state index is 0.378. The first-order valence-corrected chi connectivity index (χ1v) is 3.34. The first kappa shape index (κ1) is 11.2. The van der Waals surface area contributed by atoms with Crippen LogP contribution in [0.15, 0.2) is 24.0 Å². The monoisotopic (exact) mass is 186 g/mol. The Hall–Kier alpha value is -1.78. The third kappa shape index (κ3) is 5.49. The summed E-state index contributed by atoms with van der Waals surface area (Å²) in [5.41, 5.74) is 0. The van der Waals surface area contributed by atoms with Crippen LogP contribution >= 0.6 is 0 Å². The van der Waals surface area contributed by atoms with Crippen molar-refractivity contribution < 1.29 is 24.2 Å². The van der Waals surface area contributed by atoms with Crippen LogP contribution in [0.3, 0.4) is 0 Å². The van der Waals surface area contributed by atoms with E-state index in [9.17, 15) is 9.59 Å². The van der Waals surface area contributed by atoms with Crippen molar-refractivity contribution in [3.8, 4) is 0 Å². The summed E-state index contributed by atoms with van der Waals surface area (Å²) in [5, 5.41) is 8.96. The quantitative estimate of drug-likeness (QED) is 0.297. The lowest BCUT2D eigenvalue weighted by molar-refractivity contribution is -0.136. The predicted octanol–water partition coefficient (Wildman–Crippen LogP) is 0.330. The molecule has 0 rings (SSSR count). The molecule has 0 amide bonds. The van der Waals surface area contributed by atoms with Gasteiger partial charge in [0, 0.05) is 6.08 Å². The second-order valence-corrected chi connectivity index (χ2v) is 1.95. The van der Waals surface area contributed by atoms with E-state index in [1.54, 1.807) is 0 Å². The number of ether oxygens (including phenoxy) is 2. The number of methoxy groups -OCH3 is 2. The van der Waals surface area contributed by atoms with E-state index in [2.05, 4.69) is 9.47 Å². The zero-order valence-corrected chi connectivity index (χ0v) is 7.31. The van der Waals surface area contributed by atoms with Gasteiger partial charge < -0.3 is 14.6 Å². The number of hydrogen-bond acceptors (Lipinski definition) is 5. The summed E-state index contributed by atoms with van der Waals surface area (Å²) < 4.78 is 8.48. The SMILES string of the molecule is COC(=O)/C=C(O)/C=C/C(=O)OC. The second-order valence-electron chi connectivity index (χ2n) is 1.95. The van der Waals surface area contributed by atoms with Crippen LogP contribution in [-0.2, 0) is 19.1 Å². The van der Waals surface area contributed by atoms with Gasteiger partial charge >= 0.3 is 11.9 Å². The molecule has 13 heavy (non-hydrogen) atoms. The molecule has 0 saturated heterocycles. The number of carbonyl (C=O) groups is 2. The fraction of sp³-hybridized carbons (Fsp3) is 0.250. The maximum atomic E-state index is 10.5. The van der Waals surface area contributed by atoms with Gasteiger partial charge in [-0.05, 0) is 6.08 Å². The lowest BCUT2D eigenvalue weighted by Crippen LogP contribution is -1.97. The highest BCUT2D eigenvalue weighted by Gasteiger charge is 1.96. The zero-order chi connectivity index (χ0) is 10.3. The molecule has 0 saturated carbocycles. The van der Waals surface area contributed by atoms with Gasteiger partial charge in [-0.1, -0.05) is 0 Å². The molecule has 0 aromatic carbocycles. The Morgan fingerprint density at radius 1 is 1.08 bits per heavy atom. The molecule has 0 aliphatic heterocycles. The molecule has 0 atom stereocenters. The van der Waals surface area contributed by atoms with Crippen molar-refractivity contribution in [1.82, 2.24) is 0 Å². The summed E-state index contributed by atoms with van der Waals surface area (Å²) >= 11 is 0. The van der Waals surface area contributed by atoms with Gasteiger partial charge in [-0.3, -0.25) is 0 Å². The minimum atomic E-state index is -0.702. The topological polar surface area (TPSA) is 72.8 Å². The largest absolute Gasteiger partial charge is 0.508 e. The average molecular weight is 186 g/mol. The van der Waals surface area contributed by atoms with Gasteiger partial charge in [0.1, 0.15) is 5.76 Å². The number of esters is 2. The van der Waals surface area contributed by atoms with Crippen LogP contribution < -0.4 is 0 Å². The summed E-state index contributed by atoms with van der Waals surface area (Å²) in [6.45, 7) is 0. The van der Waals surface area contributed by atoms with Gasteiger partial charge in [0.15, 0.2) is 0 Å². The van der Waals surface area contributed by atoms with Gasteiger partial charge in [0.05, 0.1) is 20.3 Å². The summed E-state index contributed by atoms with van der Waals surface area (Å²) in [6, 6.07) is 0. The van der Waals surface area contributed by atoms with Gasteiger partial charge in [-0.15, -0.1) is 0 Å². The summed E-state index contributed by atoms with van der Waals surface area (Å²) in [5.74, 6) is -1.70. The van der Waals surface area contributed by atoms with Gasteiger partial charge in [0.25, 0.3) is 0 Å². The third-order valence-electron chi connectivity index (χ3n) is 1.06. The summed E-state index contributed by atoms with van der Waals surface area (Å²) in [6.07, 6.45) is 2.84. The number of carbonyl (C=O) groups excluding carboxylic acids is 2. The van der Waals surface area contributed by atoms with E-state index >= 15 is 0 Å². The fourth-order valence-corrected chi connectivity index (χ4v) is 0.449. The molecule has 0 aliphatic rings. The van der Waals surface area contributed by atoms with Crippen LogP contribution in [0.1, 0.15) is 0 Å². The standard InChI is InChI=1S/C8H10O5/c1-12-7(10)4-3-6(9)5-8(11)13-2/h3-5,9H,1-2H3/b4-3+,6-5-. The zero-order valence-electron chi connectivity index (χ0n) is 7.31. The van der Waals surface area contributed by atoms with Crippen molar-refractivity contribution in [3.63, 3.8) is 0 Å². The Labute approximate surface area is 75.3 Å². The normalized spacial score (nSPS) is 11.4. The molecule has 72 valence electrons. The van der Waals surface area contributed by atoms with Crippen LogP contribution in [0.2, 0.25) is 0 Å². The van der Waals surface area contributed by atoms with Crippen molar-refractivity contribution in [3.05, 3.63) is 24.0 Å². The third-order valence-corrected chi connectivity index (χ3v) is 1.06. The Bertz CT molecular complexity index is 251. The Balaban J connectivity index is 4.21. The molecule has 0 unspecified atom stereocenters. The lowest BCUT2D eigenvalue weighted by Gasteiger charge is -1.92. The highest BCUT2D eigenvalue weighted by Crippen LogP contribution is 1.92. The van der Waals surface area contributed by atoms with Crippen LogP contribution in [0.4, 0.5) is 0 Å². The number of aliphatic hydroxyl groups excluding tert-OH is 1. The average Bonchev–Trinajstić information content (AvgIpc) is 2.13. The van der Waals surface area contributed by atoms with Gasteiger partial charge in [-0.2, -0.15) is 0 Å². The maximum absolute atomic E-state index is 10.5. The summed E-state index contributed by atoms with van der Waals surface area (Å²) in [7, 11) is 2.38. The molecule has 0 bridgehead atoms. The Kier molecular flexibility index (Phi) is 5.02. The van der Waals surface area contributed by atoms with Crippen molar-refractivity contribution in [2.45, 2.75) is 0 Å². The molecule has 0 radical (unpaired) electrons. The highest BCUT2D eigenvalue weighted by atomic mass is 16.5. The molecule has 0 spiro atoms. The molecule has 5 nitrogen and oxygen atoms in total. The van der Waals surface area contributed by atoms with E-state index in [1.807, 2.05) is 0 Å². The Morgan fingerprint density at radius 2 is 1.62 bits per heavy atom. The smallest absolute Gasteiger partial charge is 0.334 e. The van der Waals surface area contributed by atoms with Crippen molar-refractivity contribution in [2.24, 2.45) is 0 Å². The second kappa shape index (κ2) is 5.82. The summed E-state index contributed by atoms with van der Waals surface area (Å²) in [4.78, 5) is 21.0. The number of aliphatic hydroxyl groups is 1. The van der Waals surface area contributed by atoms with Crippen LogP contribution in [-0.4, -0.2) is 31.3 Å². The van der Waals surface area contributed by atoms with Crippen molar-refractivity contribution in [1.29, 1.82) is 0 Å². The molecule has 0 fully saturated rings. The van der Waals surface area contributed by atoms with E-state index in [1.165, 1.54) is 14.2 Å². The van der Waals surface area contributed by atoms with E-state index in [0.29, 0.717) is 0 Å². The van der Waals surface area contributed by atoms with Crippen molar-refractivity contribution >= 4 is 11.9 Å². The molecule has 0 heterocycles. The van der Waals surface area contributed by atoms with Crippen LogP contribution in [0, 0.1) is 0 Å². The molecule has 0 aliphatic carbocycles. The molecular weight excluding hydrogens is 176 g/mol. The van der Waals surface area contributed by atoms with E-state index in [4.69, 9.17) is 5.11 Å². The fourth-order valence-electron chi connectivity index (χ4n) is 0.449. The molecule has 0 aromatic rings. The van der Waals surface area contributed by atoms with E-state index in [-0.39, 0.29) is 5.76 Å². The maximum Gasteiger partial charge on any atom is 0.334 e. The van der Waals surface area contributed by atoms with E-state index < -0.39 is 11.9 Å². The number of rotatable bonds is 3.